The standard InChI is InChI=1S/C6H10O4/c1-8-4-5-6(7)10-3-2-9-5/h5H,2-4H2,1H3/t5-/m1/s1. The highest BCUT2D eigenvalue weighted by Crippen LogP contribution is 2.01. The molecule has 0 radical (unpaired) electrons. The van der Waals surface area contributed by atoms with E-state index < -0.39 is 6.10 Å². The van der Waals surface area contributed by atoms with E-state index in [0.29, 0.717) is 13.2 Å². The van der Waals surface area contributed by atoms with Gasteiger partial charge < -0.3 is 14.2 Å². The Labute approximate surface area is 59.1 Å². The van der Waals surface area contributed by atoms with Crippen LogP contribution in [0.2, 0.25) is 0 Å². The SMILES string of the molecule is COC[C@H]1OCCOC1=O. The molecule has 58 valence electrons. The summed E-state index contributed by atoms with van der Waals surface area (Å²) in [5.74, 6) is -0.326. The summed E-state index contributed by atoms with van der Waals surface area (Å²) in [7, 11) is 1.52. The molecule has 0 unspecified atom stereocenters. The quantitative estimate of drug-likeness (QED) is 0.496. The Kier molecular flexibility index (Phi) is 2.65. The van der Waals surface area contributed by atoms with Crippen molar-refractivity contribution >= 4 is 5.97 Å². The molecular formula is C6H10O4. The van der Waals surface area contributed by atoms with Crippen molar-refractivity contribution in [2.45, 2.75) is 6.10 Å². The fraction of sp³-hybridized carbons (Fsp3) is 0.833. The first-order chi connectivity index (χ1) is 4.84. The van der Waals surface area contributed by atoms with Crippen LogP contribution in [0.4, 0.5) is 0 Å². The predicted octanol–water partition coefficient (Wildman–Crippen LogP) is -0.425. The van der Waals surface area contributed by atoms with Crippen LogP contribution in [-0.4, -0.2) is 39.0 Å². The van der Waals surface area contributed by atoms with Gasteiger partial charge in [0, 0.05) is 7.11 Å². The number of hydrogen-bond acceptors (Lipinski definition) is 4. The number of rotatable bonds is 2. The Hall–Kier alpha value is -0.610. The monoisotopic (exact) mass is 146 g/mol. The predicted molar refractivity (Wildman–Crippen MR) is 32.6 cm³/mol. The molecule has 1 heterocycles. The fourth-order valence-corrected chi connectivity index (χ4v) is 0.761. The number of carbonyl (C=O) groups is 1. The van der Waals surface area contributed by atoms with Gasteiger partial charge in [-0.1, -0.05) is 0 Å². The third-order valence-corrected chi connectivity index (χ3v) is 1.23. The van der Waals surface area contributed by atoms with E-state index in [-0.39, 0.29) is 12.6 Å². The molecule has 4 heteroatoms. The number of cyclic esters (lactones) is 1. The highest BCUT2D eigenvalue weighted by atomic mass is 16.6. The summed E-state index contributed by atoms with van der Waals surface area (Å²) in [5, 5.41) is 0. The van der Waals surface area contributed by atoms with Gasteiger partial charge in [0.25, 0.3) is 0 Å². The van der Waals surface area contributed by atoms with Crippen LogP contribution in [0.15, 0.2) is 0 Å². The maximum atomic E-state index is 10.8. The first-order valence-corrected chi connectivity index (χ1v) is 3.12. The van der Waals surface area contributed by atoms with E-state index in [0.717, 1.165) is 0 Å². The average Bonchev–Trinajstić information content (AvgIpc) is 1.94. The molecule has 1 saturated heterocycles. The van der Waals surface area contributed by atoms with Gasteiger partial charge in [0.05, 0.1) is 13.2 Å². The van der Waals surface area contributed by atoms with Crippen molar-refractivity contribution in [1.82, 2.24) is 0 Å². The highest BCUT2D eigenvalue weighted by Gasteiger charge is 2.24. The van der Waals surface area contributed by atoms with Gasteiger partial charge in [0.1, 0.15) is 6.61 Å². The van der Waals surface area contributed by atoms with Crippen LogP contribution in [0, 0.1) is 0 Å². The molecule has 1 fully saturated rings. The summed E-state index contributed by atoms with van der Waals surface area (Å²) in [4.78, 5) is 10.8. The minimum atomic E-state index is -0.515. The lowest BCUT2D eigenvalue weighted by Crippen LogP contribution is -2.37. The van der Waals surface area contributed by atoms with Crippen molar-refractivity contribution in [1.29, 1.82) is 0 Å². The summed E-state index contributed by atoms with van der Waals surface area (Å²) < 4.78 is 14.5. The Balaban J connectivity index is 2.32. The number of methoxy groups -OCH3 is 1. The van der Waals surface area contributed by atoms with Crippen LogP contribution in [0.1, 0.15) is 0 Å². The number of hydrogen-bond donors (Lipinski definition) is 0. The molecule has 0 aliphatic carbocycles. The van der Waals surface area contributed by atoms with Crippen molar-refractivity contribution < 1.29 is 19.0 Å². The van der Waals surface area contributed by atoms with Gasteiger partial charge in [0.2, 0.25) is 0 Å². The third kappa shape index (κ3) is 1.68. The molecule has 0 aromatic carbocycles. The van der Waals surface area contributed by atoms with Crippen molar-refractivity contribution in [3.05, 3.63) is 0 Å². The van der Waals surface area contributed by atoms with E-state index >= 15 is 0 Å². The number of ether oxygens (including phenoxy) is 3. The zero-order chi connectivity index (χ0) is 7.40. The number of esters is 1. The second-order valence-electron chi connectivity index (χ2n) is 1.98. The molecule has 0 spiro atoms. The zero-order valence-corrected chi connectivity index (χ0v) is 5.83. The summed E-state index contributed by atoms with van der Waals surface area (Å²) in [6, 6.07) is 0. The molecule has 0 amide bonds. The molecular weight excluding hydrogens is 136 g/mol. The molecule has 0 N–H and O–H groups in total. The molecule has 0 saturated carbocycles. The van der Waals surface area contributed by atoms with Gasteiger partial charge in [-0.2, -0.15) is 0 Å². The lowest BCUT2D eigenvalue weighted by Gasteiger charge is -2.20. The lowest BCUT2D eigenvalue weighted by atomic mass is 10.3. The van der Waals surface area contributed by atoms with Gasteiger partial charge in [-0.25, -0.2) is 4.79 Å². The third-order valence-electron chi connectivity index (χ3n) is 1.23. The van der Waals surface area contributed by atoms with Crippen LogP contribution in [0.5, 0.6) is 0 Å². The van der Waals surface area contributed by atoms with E-state index in [1.165, 1.54) is 7.11 Å². The van der Waals surface area contributed by atoms with Crippen LogP contribution in [0.3, 0.4) is 0 Å². The summed E-state index contributed by atoms with van der Waals surface area (Å²) >= 11 is 0. The van der Waals surface area contributed by atoms with Gasteiger partial charge in [0.15, 0.2) is 6.10 Å². The fourth-order valence-electron chi connectivity index (χ4n) is 0.761. The number of carbonyl (C=O) groups excluding carboxylic acids is 1. The van der Waals surface area contributed by atoms with Crippen molar-refractivity contribution in [2.75, 3.05) is 26.9 Å². The minimum Gasteiger partial charge on any atom is -0.461 e. The second kappa shape index (κ2) is 3.53. The van der Waals surface area contributed by atoms with Gasteiger partial charge in [-0.05, 0) is 0 Å². The summed E-state index contributed by atoms with van der Waals surface area (Å²) in [5.41, 5.74) is 0. The van der Waals surface area contributed by atoms with Crippen LogP contribution < -0.4 is 0 Å². The van der Waals surface area contributed by atoms with E-state index in [1.807, 2.05) is 0 Å². The first-order valence-electron chi connectivity index (χ1n) is 3.12. The van der Waals surface area contributed by atoms with E-state index in [4.69, 9.17) is 14.2 Å². The largest absolute Gasteiger partial charge is 0.461 e. The molecule has 1 aliphatic rings. The minimum absolute atomic E-state index is 0.277. The van der Waals surface area contributed by atoms with Gasteiger partial charge in [-0.3, -0.25) is 0 Å². The van der Waals surface area contributed by atoms with Crippen molar-refractivity contribution in [3.63, 3.8) is 0 Å². The van der Waals surface area contributed by atoms with Crippen LogP contribution in [0.25, 0.3) is 0 Å². The lowest BCUT2D eigenvalue weighted by molar-refractivity contribution is -0.175. The van der Waals surface area contributed by atoms with Gasteiger partial charge in [-0.15, -0.1) is 0 Å². The van der Waals surface area contributed by atoms with Crippen LogP contribution >= 0.6 is 0 Å². The summed E-state index contributed by atoms with van der Waals surface area (Å²) in [6.07, 6.45) is -0.515. The molecule has 1 atom stereocenters. The first kappa shape index (κ1) is 7.50. The van der Waals surface area contributed by atoms with E-state index in [9.17, 15) is 4.79 Å². The topological polar surface area (TPSA) is 44.8 Å². The Morgan fingerprint density at radius 3 is 3.10 bits per heavy atom. The second-order valence-corrected chi connectivity index (χ2v) is 1.98. The molecule has 1 rings (SSSR count). The molecule has 10 heavy (non-hydrogen) atoms. The molecule has 1 aliphatic heterocycles. The maximum Gasteiger partial charge on any atom is 0.337 e. The Bertz CT molecular complexity index is 121. The molecule has 0 aromatic heterocycles. The zero-order valence-electron chi connectivity index (χ0n) is 5.83. The normalized spacial score (nSPS) is 26.1. The van der Waals surface area contributed by atoms with Crippen molar-refractivity contribution in [3.8, 4) is 0 Å². The van der Waals surface area contributed by atoms with Crippen LogP contribution in [-0.2, 0) is 19.0 Å². The molecule has 0 bridgehead atoms. The Morgan fingerprint density at radius 2 is 2.50 bits per heavy atom. The molecule has 4 nitrogen and oxygen atoms in total. The van der Waals surface area contributed by atoms with E-state index in [1.54, 1.807) is 0 Å². The maximum absolute atomic E-state index is 10.8. The summed E-state index contributed by atoms with van der Waals surface area (Å²) in [6.45, 7) is 1.11. The van der Waals surface area contributed by atoms with E-state index in [2.05, 4.69) is 0 Å². The molecule has 0 aromatic rings. The average molecular weight is 146 g/mol. The smallest absolute Gasteiger partial charge is 0.337 e. The Morgan fingerprint density at radius 1 is 1.70 bits per heavy atom. The van der Waals surface area contributed by atoms with Crippen molar-refractivity contribution in [2.24, 2.45) is 0 Å². The van der Waals surface area contributed by atoms with Gasteiger partial charge >= 0.3 is 5.97 Å². The highest BCUT2D eigenvalue weighted by molar-refractivity contribution is 5.75.